The molecule has 21 heavy (non-hydrogen) atoms. The minimum Gasteiger partial charge on any atom is -0.336 e. The van der Waals surface area contributed by atoms with E-state index in [4.69, 9.17) is 0 Å². The summed E-state index contributed by atoms with van der Waals surface area (Å²) >= 11 is 0. The van der Waals surface area contributed by atoms with Crippen LogP contribution in [0.5, 0.6) is 0 Å². The Bertz CT molecular complexity index is 713. The van der Waals surface area contributed by atoms with Gasteiger partial charge in [-0.15, -0.1) is 0 Å². The van der Waals surface area contributed by atoms with Crippen molar-refractivity contribution < 1.29 is 14.0 Å². The highest BCUT2D eigenvalue weighted by atomic mass is 19.1. The summed E-state index contributed by atoms with van der Waals surface area (Å²) in [6, 6.07) is 2.89. The van der Waals surface area contributed by atoms with Crippen LogP contribution < -0.4 is 0 Å². The summed E-state index contributed by atoms with van der Waals surface area (Å²) in [5.74, 6) is -0.415. The molecule has 1 fully saturated rings. The van der Waals surface area contributed by atoms with Crippen molar-refractivity contribution in [3.05, 3.63) is 35.5 Å². The number of carbonyl (C=O) groups excluding carboxylic acids is 2. The first kappa shape index (κ1) is 13.7. The molecule has 3 heterocycles. The van der Waals surface area contributed by atoms with Crippen LogP contribution in [0.1, 0.15) is 35.9 Å². The van der Waals surface area contributed by atoms with E-state index in [0.29, 0.717) is 49.4 Å². The monoisotopic (exact) mass is 289 g/mol. The molecule has 110 valence electrons. The molecule has 0 radical (unpaired) electrons. The Morgan fingerprint density at radius 3 is 2.71 bits per heavy atom. The Hall–Kier alpha value is -2.24. The molecular formula is C15H16FN3O2. The van der Waals surface area contributed by atoms with Crippen molar-refractivity contribution in [2.45, 2.75) is 26.2 Å². The summed E-state index contributed by atoms with van der Waals surface area (Å²) < 4.78 is 15.0. The third-order valence-corrected chi connectivity index (χ3v) is 3.80. The van der Waals surface area contributed by atoms with Crippen LogP contribution >= 0.6 is 0 Å². The number of likely N-dealkylation sites (tertiary alicyclic amines) is 1. The second kappa shape index (κ2) is 5.27. The Balaban J connectivity index is 2.03. The van der Waals surface area contributed by atoms with Crippen molar-refractivity contribution in [2.24, 2.45) is 0 Å². The van der Waals surface area contributed by atoms with Crippen LogP contribution in [-0.2, 0) is 11.2 Å². The molecule has 0 aliphatic carbocycles. The number of piperidine rings is 1. The summed E-state index contributed by atoms with van der Waals surface area (Å²) in [6.07, 6.45) is 2.65. The zero-order chi connectivity index (χ0) is 15.0. The molecule has 0 spiro atoms. The SMILES string of the molecule is CCc1nc2ccc(F)cn2c1C(=O)N1CCC(=O)CC1. The van der Waals surface area contributed by atoms with Crippen LogP contribution in [0.3, 0.4) is 0 Å². The number of Topliss-reactive ketones (excluding diaryl/α,β-unsaturated/α-hetero) is 1. The third kappa shape index (κ3) is 2.41. The van der Waals surface area contributed by atoms with E-state index in [1.54, 1.807) is 11.0 Å². The fraction of sp³-hybridized carbons (Fsp3) is 0.400. The van der Waals surface area contributed by atoms with E-state index in [-0.39, 0.29) is 11.7 Å². The molecule has 2 aromatic rings. The topological polar surface area (TPSA) is 54.7 Å². The molecule has 1 aliphatic rings. The maximum Gasteiger partial charge on any atom is 0.272 e. The van der Waals surface area contributed by atoms with Gasteiger partial charge in [-0.3, -0.25) is 14.0 Å². The highest BCUT2D eigenvalue weighted by molar-refractivity contribution is 5.96. The molecule has 0 aromatic carbocycles. The van der Waals surface area contributed by atoms with E-state index in [9.17, 15) is 14.0 Å². The average Bonchev–Trinajstić information content (AvgIpc) is 2.85. The lowest BCUT2D eigenvalue weighted by Crippen LogP contribution is -2.39. The Morgan fingerprint density at radius 1 is 1.33 bits per heavy atom. The third-order valence-electron chi connectivity index (χ3n) is 3.80. The molecular weight excluding hydrogens is 273 g/mol. The number of imidazole rings is 1. The first-order chi connectivity index (χ1) is 10.1. The molecule has 3 rings (SSSR count). The number of hydrogen-bond acceptors (Lipinski definition) is 3. The Labute approximate surface area is 121 Å². The zero-order valence-electron chi connectivity index (χ0n) is 11.8. The van der Waals surface area contributed by atoms with Gasteiger partial charge in [0.15, 0.2) is 0 Å². The number of pyridine rings is 1. The summed E-state index contributed by atoms with van der Waals surface area (Å²) in [4.78, 5) is 30.0. The molecule has 5 nitrogen and oxygen atoms in total. The van der Waals surface area contributed by atoms with E-state index in [1.165, 1.54) is 16.7 Å². The van der Waals surface area contributed by atoms with Crippen molar-refractivity contribution in [1.82, 2.24) is 14.3 Å². The molecule has 1 amide bonds. The minimum absolute atomic E-state index is 0.180. The molecule has 0 atom stereocenters. The van der Waals surface area contributed by atoms with Gasteiger partial charge >= 0.3 is 0 Å². The van der Waals surface area contributed by atoms with Crippen molar-refractivity contribution in [3.8, 4) is 0 Å². The molecule has 1 aliphatic heterocycles. The first-order valence-corrected chi connectivity index (χ1v) is 7.07. The fourth-order valence-electron chi connectivity index (χ4n) is 2.65. The van der Waals surface area contributed by atoms with E-state index >= 15 is 0 Å². The van der Waals surface area contributed by atoms with E-state index < -0.39 is 5.82 Å². The van der Waals surface area contributed by atoms with E-state index in [0.717, 1.165) is 0 Å². The van der Waals surface area contributed by atoms with Gasteiger partial charge in [0.05, 0.1) is 5.69 Å². The average molecular weight is 289 g/mol. The second-order valence-corrected chi connectivity index (χ2v) is 5.17. The van der Waals surface area contributed by atoms with Gasteiger partial charge < -0.3 is 4.90 Å². The molecule has 0 saturated carbocycles. The van der Waals surface area contributed by atoms with Gasteiger partial charge in [0.1, 0.15) is 22.9 Å². The number of nitrogens with zero attached hydrogens (tertiary/aromatic N) is 3. The number of aryl methyl sites for hydroxylation is 1. The number of ketones is 1. The molecule has 0 N–H and O–H groups in total. The van der Waals surface area contributed by atoms with Crippen molar-refractivity contribution >= 4 is 17.3 Å². The predicted octanol–water partition coefficient (Wildman–Crippen LogP) is 1.84. The lowest BCUT2D eigenvalue weighted by Gasteiger charge is -2.26. The van der Waals surface area contributed by atoms with Crippen LogP contribution in [-0.4, -0.2) is 39.1 Å². The highest BCUT2D eigenvalue weighted by Gasteiger charge is 2.26. The Kier molecular flexibility index (Phi) is 3.45. The number of carbonyl (C=O) groups is 2. The second-order valence-electron chi connectivity index (χ2n) is 5.17. The quantitative estimate of drug-likeness (QED) is 0.847. The normalized spacial score (nSPS) is 15.7. The summed E-state index contributed by atoms with van der Waals surface area (Å²) in [5.41, 5.74) is 1.62. The van der Waals surface area contributed by atoms with Gasteiger partial charge in [0, 0.05) is 32.1 Å². The molecule has 2 aromatic heterocycles. The van der Waals surface area contributed by atoms with Crippen molar-refractivity contribution in [1.29, 1.82) is 0 Å². The maximum atomic E-state index is 13.5. The summed E-state index contributed by atoms with van der Waals surface area (Å²) in [5, 5.41) is 0. The number of fused-ring (bicyclic) bond motifs is 1. The number of hydrogen-bond donors (Lipinski definition) is 0. The van der Waals surface area contributed by atoms with Crippen molar-refractivity contribution in [2.75, 3.05) is 13.1 Å². The van der Waals surface area contributed by atoms with Gasteiger partial charge in [0.2, 0.25) is 0 Å². The summed E-state index contributed by atoms with van der Waals surface area (Å²) in [6.45, 7) is 2.75. The van der Waals surface area contributed by atoms with Crippen LogP contribution in [0.15, 0.2) is 18.3 Å². The lowest BCUT2D eigenvalue weighted by atomic mass is 10.1. The molecule has 1 saturated heterocycles. The molecule has 6 heteroatoms. The van der Waals surface area contributed by atoms with Gasteiger partial charge in [-0.1, -0.05) is 6.92 Å². The van der Waals surface area contributed by atoms with Crippen LogP contribution in [0.2, 0.25) is 0 Å². The fourth-order valence-corrected chi connectivity index (χ4v) is 2.65. The smallest absolute Gasteiger partial charge is 0.272 e. The largest absolute Gasteiger partial charge is 0.336 e. The van der Waals surface area contributed by atoms with Crippen LogP contribution in [0, 0.1) is 5.82 Å². The number of aromatic nitrogens is 2. The van der Waals surface area contributed by atoms with Gasteiger partial charge in [-0.05, 0) is 18.6 Å². The first-order valence-electron chi connectivity index (χ1n) is 7.07. The highest BCUT2D eigenvalue weighted by Crippen LogP contribution is 2.18. The maximum absolute atomic E-state index is 13.5. The van der Waals surface area contributed by atoms with Gasteiger partial charge in [-0.25, -0.2) is 9.37 Å². The molecule has 0 unspecified atom stereocenters. The number of rotatable bonds is 2. The van der Waals surface area contributed by atoms with Gasteiger partial charge in [-0.2, -0.15) is 0 Å². The van der Waals surface area contributed by atoms with Gasteiger partial charge in [0.25, 0.3) is 5.91 Å². The Morgan fingerprint density at radius 2 is 2.05 bits per heavy atom. The summed E-state index contributed by atoms with van der Waals surface area (Å²) in [7, 11) is 0. The molecule has 0 bridgehead atoms. The number of halogens is 1. The minimum atomic E-state index is -0.412. The zero-order valence-corrected chi connectivity index (χ0v) is 11.8. The van der Waals surface area contributed by atoms with Crippen molar-refractivity contribution in [3.63, 3.8) is 0 Å². The van der Waals surface area contributed by atoms with E-state index in [2.05, 4.69) is 4.98 Å². The predicted molar refractivity (Wildman–Crippen MR) is 74.7 cm³/mol. The number of amides is 1. The van der Waals surface area contributed by atoms with Crippen LogP contribution in [0.25, 0.3) is 5.65 Å². The standard InChI is InChI=1S/C15H16FN3O2/c1-2-12-14(15(21)18-7-5-11(20)6-8-18)19-9-10(16)3-4-13(19)17-12/h3-4,9H,2,5-8H2,1H3. The van der Waals surface area contributed by atoms with Crippen LogP contribution in [0.4, 0.5) is 4.39 Å². The lowest BCUT2D eigenvalue weighted by molar-refractivity contribution is -0.120. The van der Waals surface area contributed by atoms with E-state index in [1.807, 2.05) is 6.92 Å².